The SMILES string of the molecule is Cn1cc(CN2CCCC23CCN(C(=O)c2ccn[nH]2)CC3)cn1. The highest BCUT2D eigenvalue weighted by atomic mass is 16.2. The minimum Gasteiger partial charge on any atom is -0.337 e. The molecule has 1 N–H and O–H groups in total. The van der Waals surface area contributed by atoms with Crippen molar-refractivity contribution in [1.82, 2.24) is 29.8 Å². The minimum atomic E-state index is 0.0687. The van der Waals surface area contributed by atoms with Gasteiger partial charge in [-0.3, -0.25) is 19.5 Å². The van der Waals surface area contributed by atoms with Gasteiger partial charge in [0, 0.05) is 50.2 Å². The van der Waals surface area contributed by atoms with Crippen LogP contribution in [0, 0.1) is 0 Å². The molecule has 1 amide bonds. The number of aromatic nitrogens is 4. The zero-order chi connectivity index (χ0) is 16.6. The van der Waals surface area contributed by atoms with Crippen LogP contribution in [-0.2, 0) is 13.6 Å². The largest absolute Gasteiger partial charge is 0.337 e. The van der Waals surface area contributed by atoms with Crippen LogP contribution in [0.5, 0.6) is 0 Å². The Bertz CT molecular complexity index is 698. The Hall–Kier alpha value is -2.15. The molecule has 2 aromatic heterocycles. The number of carbonyl (C=O) groups is 1. The number of amides is 1. The number of rotatable bonds is 3. The third kappa shape index (κ3) is 2.73. The summed E-state index contributed by atoms with van der Waals surface area (Å²) in [6.07, 6.45) is 10.3. The number of H-pyrrole nitrogens is 1. The first-order chi connectivity index (χ1) is 11.7. The first-order valence-electron chi connectivity index (χ1n) is 8.68. The molecule has 0 atom stereocenters. The quantitative estimate of drug-likeness (QED) is 0.925. The second-order valence-corrected chi connectivity index (χ2v) is 7.03. The Labute approximate surface area is 141 Å². The van der Waals surface area contributed by atoms with E-state index < -0.39 is 0 Å². The molecule has 4 rings (SSSR count). The smallest absolute Gasteiger partial charge is 0.271 e. The van der Waals surface area contributed by atoms with Gasteiger partial charge in [-0.15, -0.1) is 0 Å². The number of hydrogen-bond donors (Lipinski definition) is 1. The summed E-state index contributed by atoms with van der Waals surface area (Å²) in [6.45, 7) is 3.74. The number of likely N-dealkylation sites (tertiary alicyclic amines) is 2. The molecule has 7 heteroatoms. The van der Waals surface area contributed by atoms with E-state index in [-0.39, 0.29) is 11.4 Å². The van der Waals surface area contributed by atoms with E-state index in [4.69, 9.17) is 0 Å². The Kier molecular flexibility index (Phi) is 3.88. The minimum absolute atomic E-state index is 0.0687. The maximum Gasteiger partial charge on any atom is 0.271 e. The van der Waals surface area contributed by atoms with E-state index in [0.29, 0.717) is 5.69 Å². The number of carbonyl (C=O) groups excluding carboxylic acids is 1. The molecule has 0 aromatic carbocycles. The van der Waals surface area contributed by atoms with Crippen LogP contribution in [0.1, 0.15) is 41.7 Å². The van der Waals surface area contributed by atoms with Crippen molar-refractivity contribution >= 4 is 5.91 Å². The van der Waals surface area contributed by atoms with E-state index in [2.05, 4.69) is 26.4 Å². The third-order valence-corrected chi connectivity index (χ3v) is 5.59. The summed E-state index contributed by atoms with van der Waals surface area (Å²) in [5.74, 6) is 0.0687. The Morgan fingerprint density at radius 3 is 2.79 bits per heavy atom. The molecule has 4 heterocycles. The van der Waals surface area contributed by atoms with Crippen molar-refractivity contribution in [3.05, 3.63) is 35.9 Å². The molecule has 7 nitrogen and oxygen atoms in total. The Morgan fingerprint density at radius 1 is 1.29 bits per heavy atom. The molecule has 0 aliphatic carbocycles. The standard InChI is InChI=1S/C17H24N6O/c1-21-12-14(11-19-21)13-23-8-2-4-17(23)5-9-22(10-6-17)16(24)15-3-7-18-20-15/h3,7,11-12H,2,4-6,8-10,13H2,1H3,(H,18,20). The first kappa shape index (κ1) is 15.4. The molecule has 2 aromatic rings. The van der Waals surface area contributed by atoms with Crippen molar-refractivity contribution in [2.75, 3.05) is 19.6 Å². The van der Waals surface area contributed by atoms with Crippen LogP contribution < -0.4 is 0 Å². The predicted molar refractivity (Wildman–Crippen MR) is 89.3 cm³/mol. The van der Waals surface area contributed by atoms with Crippen molar-refractivity contribution in [1.29, 1.82) is 0 Å². The highest BCUT2D eigenvalue weighted by molar-refractivity contribution is 5.92. The summed E-state index contributed by atoms with van der Waals surface area (Å²) in [6, 6.07) is 1.75. The van der Waals surface area contributed by atoms with Gasteiger partial charge < -0.3 is 4.90 Å². The molecule has 0 saturated carbocycles. The lowest BCUT2D eigenvalue weighted by Crippen LogP contribution is -2.53. The van der Waals surface area contributed by atoms with Gasteiger partial charge in [-0.25, -0.2) is 0 Å². The molecular formula is C17H24N6O. The van der Waals surface area contributed by atoms with E-state index in [1.807, 2.05) is 22.8 Å². The normalized spacial score (nSPS) is 20.8. The van der Waals surface area contributed by atoms with E-state index in [1.165, 1.54) is 18.4 Å². The predicted octanol–water partition coefficient (Wildman–Crippen LogP) is 1.41. The zero-order valence-electron chi connectivity index (χ0n) is 14.1. The molecule has 0 unspecified atom stereocenters. The second-order valence-electron chi connectivity index (χ2n) is 7.03. The monoisotopic (exact) mass is 328 g/mol. The number of hydrogen-bond acceptors (Lipinski definition) is 4. The number of aromatic amines is 1. The number of aryl methyl sites for hydroxylation is 1. The summed E-state index contributed by atoms with van der Waals surface area (Å²) in [4.78, 5) is 17.0. The van der Waals surface area contributed by atoms with Gasteiger partial charge >= 0.3 is 0 Å². The molecule has 2 fully saturated rings. The topological polar surface area (TPSA) is 70.1 Å². The average Bonchev–Trinajstić information content (AvgIpc) is 3.32. The Balaban J connectivity index is 1.42. The molecule has 2 aliphatic rings. The number of piperidine rings is 1. The van der Waals surface area contributed by atoms with E-state index in [0.717, 1.165) is 39.0 Å². The summed E-state index contributed by atoms with van der Waals surface area (Å²) in [5.41, 5.74) is 2.11. The Morgan fingerprint density at radius 2 is 2.12 bits per heavy atom. The fourth-order valence-corrected chi connectivity index (χ4v) is 4.25. The summed E-state index contributed by atoms with van der Waals surface area (Å²) in [5, 5.41) is 10.9. The zero-order valence-corrected chi connectivity index (χ0v) is 14.1. The molecule has 2 aliphatic heterocycles. The van der Waals surface area contributed by atoms with Crippen LogP contribution >= 0.6 is 0 Å². The molecule has 0 bridgehead atoms. The maximum atomic E-state index is 12.5. The van der Waals surface area contributed by atoms with Crippen LogP contribution in [0.3, 0.4) is 0 Å². The maximum absolute atomic E-state index is 12.5. The van der Waals surface area contributed by atoms with Gasteiger partial charge in [0.2, 0.25) is 0 Å². The second kappa shape index (κ2) is 6.05. The van der Waals surface area contributed by atoms with Crippen LogP contribution in [0.25, 0.3) is 0 Å². The number of nitrogens with zero attached hydrogens (tertiary/aromatic N) is 5. The van der Waals surface area contributed by atoms with Crippen LogP contribution in [0.2, 0.25) is 0 Å². The summed E-state index contributed by atoms with van der Waals surface area (Å²) in [7, 11) is 1.96. The fraction of sp³-hybridized carbons (Fsp3) is 0.588. The van der Waals surface area contributed by atoms with Crippen molar-refractivity contribution in [2.24, 2.45) is 7.05 Å². The van der Waals surface area contributed by atoms with Crippen molar-refractivity contribution in [3.63, 3.8) is 0 Å². The highest BCUT2D eigenvalue weighted by Gasteiger charge is 2.43. The van der Waals surface area contributed by atoms with Crippen molar-refractivity contribution < 1.29 is 4.79 Å². The highest BCUT2D eigenvalue weighted by Crippen LogP contribution is 2.39. The van der Waals surface area contributed by atoms with Crippen LogP contribution in [0.4, 0.5) is 0 Å². The van der Waals surface area contributed by atoms with Gasteiger partial charge in [-0.2, -0.15) is 10.2 Å². The first-order valence-corrected chi connectivity index (χ1v) is 8.68. The lowest BCUT2D eigenvalue weighted by Gasteiger charge is -2.45. The van der Waals surface area contributed by atoms with Crippen LogP contribution in [0.15, 0.2) is 24.7 Å². The van der Waals surface area contributed by atoms with Gasteiger partial charge in [0.15, 0.2) is 0 Å². The van der Waals surface area contributed by atoms with Gasteiger partial charge in [-0.1, -0.05) is 0 Å². The van der Waals surface area contributed by atoms with E-state index in [9.17, 15) is 4.79 Å². The molecular weight excluding hydrogens is 304 g/mol. The van der Waals surface area contributed by atoms with E-state index in [1.54, 1.807) is 12.3 Å². The third-order valence-electron chi connectivity index (χ3n) is 5.59. The summed E-state index contributed by atoms with van der Waals surface area (Å²) < 4.78 is 1.86. The van der Waals surface area contributed by atoms with Crippen LogP contribution in [-0.4, -0.2) is 60.9 Å². The molecule has 1 spiro atoms. The molecule has 2 saturated heterocycles. The summed E-state index contributed by atoms with van der Waals surface area (Å²) >= 11 is 0. The van der Waals surface area contributed by atoms with Gasteiger partial charge in [-0.05, 0) is 38.3 Å². The molecule has 24 heavy (non-hydrogen) atoms. The lowest BCUT2D eigenvalue weighted by atomic mass is 9.84. The van der Waals surface area contributed by atoms with Crippen molar-refractivity contribution in [3.8, 4) is 0 Å². The number of nitrogens with one attached hydrogen (secondary N) is 1. The van der Waals surface area contributed by atoms with Gasteiger partial charge in [0.1, 0.15) is 5.69 Å². The van der Waals surface area contributed by atoms with Gasteiger partial charge in [0.25, 0.3) is 5.91 Å². The molecule has 128 valence electrons. The van der Waals surface area contributed by atoms with Gasteiger partial charge in [0.05, 0.1) is 6.20 Å². The molecule has 0 radical (unpaired) electrons. The average molecular weight is 328 g/mol. The van der Waals surface area contributed by atoms with E-state index >= 15 is 0 Å². The lowest BCUT2D eigenvalue weighted by molar-refractivity contribution is 0.0380. The fourth-order valence-electron chi connectivity index (χ4n) is 4.25. The van der Waals surface area contributed by atoms with Crippen molar-refractivity contribution in [2.45, 2.75) is 37.8 Å².